The third-order valence-corrected chi connectivity index (χ3v) is 7.74. The van der Waals surface area contributed by atoms with Crippen LogP contribution in [0.15, 0.2) is 23.1 Å². The number of piperazine rings is 1. The summed E-state index contributed by atoms with van der Waals surface area (Å²) < 4.78 is 28.3. The lowest BCUT2D eigenvalue weighted by atomic mass is 9.96. The molecule has 0 unspecified atom stereocenters. The van der Waals surface area contributed by atoms with Crippen molar-refractivity contribution in [3.8, 4) is 0 Å². The van der Waals surface area contributed by atoms with Crippen LogP contribution in [0.4, 0.5) is 5.69 Å². The van der Waals surface area contributed by atoms with E-state index in [0.717, 1.165) is 58.3 Å². The molecule has 1 aromatic carbocycles. The molecule has 7 nitrogen and oxygen atoms in total. The molecule has 150 valence electrons. The molecule has 3 rings (SSSR count). The molecule has 1 aromatic rings. The fourth-order valence-corrected chi connectivity index (χ4v) is 5.61. The Labute approximate surface area is 161 Å². The van der Waals surface area contributed by atoms with E-state index in [0.29, 0.717) is 5.69 Å². The van der Waals surface area contributed by atoms with E-state index in [1.807, 2.05) is 11.9 Å². The first kappa shape index (κ1) is 20.1. The Kier molecular flexibility index (Phi) is 6.08. The van der Waals surface area contributed by atoms with E-state index >= 15 is 0 Å². The van der Waals surface area contributed by atoms with Gasteiger partial charge in [-0.2, -0.15) is 4.31 Å². The lowest BCUT2D eigenvalue weighted by molar-refractivity contribution is 0.0696. The van der Waals surface area contributed by atoms with E-state index in [2.05, 4.69) is 4.90 Å². The SMILES string of the molecule is CN1CCN(c2ccc(C(=O)O)cc2S(=O)(=O)N(C)C2CCCCC2)CC1. The number of anilines is 1. The van der Waals surface area contributed by atoms with Crippen LogP contribution in [0.3, 0.4) is 0 Å². The quantitative estimate of drug-likeness (QED) is 0.822. The van der Waals surface area contributed by atoms with Crippen molar-refractivity contribution in [2.45, 2.75) is 43.0 Å². The van der Waals surface area contributed by atoms with E-state index in [1.54, 1.807) is 13.1 Å². The number of sulfonamides is 1. The molecule has 1 saturated carbocycles. The van der Waals surface area contributed by atoms with Crippen LogP contribution in [-0.2, 0) is 10.0 Å². The molecule has 1 saturated heterocycles. The Bertz CT molecular complexity index is 782. The first-order valence-corrected chi connectivity index (χ1v) is 11.0. The number of likely N-dealkylation sites (N-methyl/N-ethyl adjacent to an activating group) is 1. The zero-order valence-corrected chi connectivity index (χ0v) is 16.9. The summed E-state index contributed by atoms with van der Waals surface area (Å²) in [5, 5.41) is 9.37. The second-order valence-corrected chi connectivity index (χ2v) is 9.56. The fourth-order valence-electron chi connectivity index (χ4n) is 3.96. The predicted octanol–water partition coefficient (Wildman–Crippen LogP) is 2.09. The molecule has 1 N–H and O–H groups in total. The summed E-state index contributed by atoms with van der Waals surface area (Å²) in [6, 6.07) is 4.45. The first-order chi connectivity index (χ1) is 12.8. The second-order valence-electron chi connectivity index (χ2n) is 7.59. The summed E-state index contributed by atoms with van der Waals surface area (Å²) in [6.45, 7) is 3.13. The Morgan fingerprint density at radius 3 is 2.33 bits per heavy atom. The monoisotopic (exact) mass is 395 g/mol. The van der Waals surface area contributed by atoms with Gasteiger partial charge in [-0.1, -0.05) is 19.3 Å². The van der Waals surface area contributed by atoms with E-state index in [-0.39, 0.29) is 16.5 Å². The van der Waals surface area contributed by atoms with E-state index < -0.39 is 16.0 Å². The Morgan fingerprint density at radius 1 is 1.11 bits per heavy atom. The lowest BCUT2D eigenvalue weighted by Gasteiger charge is -2.36. The molecule has 0 radical (unpaired) electrons. The topological polar surface area (TPSA) is 81.2 Å². The van der Waals surface area contributed by atoms with Crippen molar-refractivity contribution in [1.29, 1.82) is 0 Å². The molecule has 0 aromatic heterocycles. The smallest absolute Gasteiger partial charge is 0.335 e. The van der Waals surface area contributed by atoms with Crippen LogP contribution in [-0.4, -0.2) is 75.0 Å². The number of carbonyl (C=O) groups is 1. The van der Waals surface area contributed by atoms with Crippen molar-refractivity contribution in [3.05, 3.63) is 23.8 Å². The normalized spacial score (nSPS) is 20.2. The van der Waals surface area contributed by atoms with Gasteiger partial charge in [-0.05, 0) is 38.1 Å². The molecular weight excluding hydrogens is 366 g/mol. The maximum atomic E-state index is 13.4. The largest absolute Gasteiger partial charge is 0.478 e. The average Bonchev–Trinajstić information content (AvgIpc) is 2.68. The lowest BCUT2D eigenvalue weighted by Crippen LogP contribution is -2.45. The van der Waals surface area contributed by atoms with E-state index in [4.69, 9.17) is 0 Å². The molecular formula is C19H29N3O4S. The van der Waals surface area contributed by atoms with Gasteiger partial charge in [0.25, 0.3) is 0 Å². The Hall–Kier alpha value is -1.64. The minimum Gasteiger partial charge on any atom is -0.478 e. The summed E-state index contributed by atoms with van der Waals surface area (Å²) in [5.74, 6) is -1.11. The molecule has 0 atom stereocenters. The van der Waals surface area contributed by atoms with Gasteiger partial charge in [0.2, 0.25) is 10.0 Å². The number of rotatable bonds is 5. The van der Waals surface area contributed by atoms with Crippen LogP contribution < -0.4 is 4.90 Å². The third kappa shape index (κ3) is 4.28. The number of hydrogen-bond donors (Lipinski definition) is 1. The number of hydrogen-bond acceptors (Lipinski definition) is 5. The average molecular weight is 396 g/mol. The molecule has 1 aliphatic carbocycles. The summed E-state index contributed by atoms with van der Waals surface area (Å²) in [4.78, 5) is 15.8. The number of carboxylic acid groups (broad SMARTS) is 1. The molecule has 0 bridgehead atoms. The summed E-state index contributed by atoms with van der Waals surface area (Å²) in [5.41, 5.74) is 0.610. The van der Waals surface area contributed by atoms with Gasteiger partial charge in [-0.25, -0.2) is 13.2 Å². The highest BCUT2D eigenvalue weighted by Gasteiger charge is 2.33. The third-order valence-electron chi connectivity index (χ3n) is 5.80. The summed E-state index contributed by atoms with van der Waals surface area (Å²) in [7, 11) is -0.101. The van der Waals surface area contributed by atoms with Crippen LogP contribution in [0.2, 0.25) is 0 Å². The summed E-state index contributed by atoms with van der Waals surface area (Å²) in [6.07, 6.45) is 4.93. The van der Waals surface area contributed by atoms with Crippen LogP contribution >= 0.6 is 0 Å². The number of nitrogens with zero attached hydrogens (tertiary/aromatic N) is 3. The van der Waals surface area contributed by atoms with Crippen LogP contribution in [0, 0.1) is 0 Å². The second kappa shape index (κ2) is 8.16. The zero-order valence-electron chi connectivity index (χ0n) is 16.1. The summed E-state index contributed by atoms with van der Waals surface area (Å²) >= 11 is 0. The molecule has 0 spiro atoms. The molecule has 2 fully saturated rings. The number of aromatic carboxylic acids is 1. The van der Waals surface area contributed by atoms with Crippen molar-refractivity contribution in [2.75, 3.05) is 45.2 Å². The highest BCUT2D eigenvalue weighted by Crippen LogP contribution is 2.33. The zero-order chi connectivity index (χ0) is 19.6. The van der Waals surface area contributed by atoms with Gasteiger partial charge >= 0.3 is 5.97 Å². The maximum absolute atomic E-state index is 13.4. The highest BCUT2D eigenvalue weighted by molar-refractivity contribution is 7.89. The minimum atomic E-state index is -3.77. The molecule has 0 amide bonds. The van der Waals surface area contributed by atoms with Gasteiger partial charge in [0.1, 0.15) is 4.90 Å². The fraction of sp³-hybridized carbons (Fsp3) is 0.632. The van der Waals surface area contributed by atoms with Gasteiger partial charge in [0.15, 0.2) is 0 Å². The first-order valence-electron chi connectivity index (χ1n) is 9.59. The molecule has 1 aliphatic heterocycles. The van der Waals surface area contributed by atoms with Gasteiger partial charge in [-0.3, -0.25) is 0 Å². The van der Waals surface area contributed by atoms with E-state index in [9.17, 15) is 18.3 Å². The minimum absolute atomic E-state index is 0.00324. The molecule has 27 heavy (non-hydrogen) atoms. The number of carboxylic acids is 1. The van der Waals surface area contributed by atoms with Crippen molar-refractivity contribution < 1.29 is 18.3 Å². The van der Waals surface area contributed by atoms with Crippen LogP contribution in [0.1, 0.15) is 42.5 Å². The molecule has 2 aliphatic rings. The Balaban J connectivity index is 1.99. The standard InChI is InChI=1S/C19H29N3O4S/c1-20-10-12-22(13-11-20)17-9-8-15(19(23)24)14-18(17)27(25,26)21(2)16-6-4-3-5-7-16/h8-9,14,16H,3-7,10-13H2,1-2H3,(H,23,24). The van der Waals surface area contributed by atoms with Gasteiger partial charge in [0.05, 0.1) is 11.3 Å². The highest BCUT2D eigenvalue weighted by atomic mass is 32.2. The van der Waals surface area contributed by atoms with Crippen molar-refractivity contribution in [2.24, 2.45) is 0 Å². The van der Waals surface area contributed by atoms with Crippen molar-refractivity contribution in [3.63, 3.8) is 0 Å². The molecule has 8 heteroatoms. The predicted molar refractivity (Wildman–Crippen MR) is 105 cm³/mol. The van der Waals surface area contributed by atoms with Gasteiger partial charge < -0.3 is 14.9 Å². The van der Waals surface area contributed by atoms with E-state index in [1.165, 1.54) is 16.4 Å². The van der Waals surface area contributed by atoms with Crippen LogP contribution in [0.25, 0.3) is 0 Å². The maximum Gasteiger partial charge on any atom is 0.335 e. The van der Waals surface area contributed by atoms with Crippen molar-refractivity contribution >= 4 is 21.7 Å². The van der Waals surface area contributed by atoms with Gasteiger partial charge in [0, 0.05) is 39.3 Å². The van der Waals surface area contributed by atoms with Crippen molar-refractivity contribution in [1.82, 2.24) is 9.21 Å². The Morgan fingerprint density at radius 2 is 1.74 bits per heavy atom. The van der Waals surface area contributed by atoms with Crippen LogP contribution in [0.5, 0.6) is 0 Å². The molecule has 1 heterocycles. The number of benzene rings is 1. The van der Waals surface area contributed by atoms with Gasteiger partial charge in [-0.15, -0.1) is 0 Å².